The van der Waals surface area contributed by atoms with Crippen molar-refractivity contribution in [3.05, 3.63) is 88.4 Å². The van der Waals surface area contributed by atoms with E-state index in [-0.39, 0.29) is 11.3 Å². The Hall–Kier alpha value is -3.58. The zero-order valence-corrected chi connectivity index (χ0v) is 22.6. The van der Waals surface area contributed by atoms with Crippen LogP contribution in [0.1, 0.15) is 28.4 Å². The Morgan fingerprint density at radius 3 is 2.24 bits per heavy atom. The molecule has 3 aliphatic carbocycles. The second-order valence-electron chi connectivity index (χ2n) is 10.0. The van der Waals surface area contributed by atoms with Crippen LogP contribution in [0.15, 0.2) is 60.1 Å². The molecule has 6 nitrogen and oxygen atoms in total. The number of benzene rings is 2. The second kappa shape index (κ2) is 10.0. The maximum atomic E-state index is 14.7. The van der Waals surface area contributed by atoms with Crippen LogP contribution in [-0.4, -0.2) is 34.3 Å². The van der Waals surface area contributed by atoms with Crippen molar-refractivity contribution in [2.45, 2.75) is 35.1 Å². The molecule has 3 N–H and O–H groups in total. The number of allylic oxidation sites excluding steroid dienone is 1. The number of hydrogen-bond donors (Lipinski definition) is 3. The minimum Gasteiger partial charge on any atom is -0.339 e. The Morgan fingerprint density at radius 1 is 0.952 bits per heavy atom. The lowest BCUT2D eigenvalue weighted by Crippen LogP contribution is -2.44. The summed E-state index contributed by atoms with van der Waals surface area (Å²) in [6, 6.07) is 3.09. The summed E-state index contributed by atoms with van der Waals surface area (Å²) in [5.41, 5.74) is -4.30. The first-order valence-electron chi connectivity index (χ1n) is 12.2. The molecule has 2 saturated carbocycles. The first kappa shape index (κ1) is 29.9. The van der Waals surface area contributed by atoms with Gasteiger partial charge < -0.3 is 16.0 Å². The molecular weight excluding hydrogens is 618 g/mol. The van der Waals surface area contributed by atoms with Crippen molar-refractivity contribution in [3.63, 3.8) is 0 Å². The molecule has 2 fully saturated rings. The van der Waals surface area contributed by atoms with Crippen LogP contribution in [-0.2, 0) is 21.2 Å². The molecule has 0 spiro atoms. The lowest BCUT2D eigenvalue weighted by atomic mass is 9.94. The molecule has 0 aromatic heterocycles. The summed E-state index contributed by atoms with van der Waals surface area (Å²) in [5, 5.41) is 6.56. The summed E-state index contributed by atoms with van der Waals surface area (Å²) >= 11 is 12.5. The molecule has 0 bridgehead atoms. The van der Waals surface area contributed by atoms with Gasteiger partial charge in [-0.1, -0.05) is 6.07 Å². The fourth-order valence-corrected chi connectivity index (χ4v) is 6.58. The average Bonchev–Trinajstić information content (AvgIpc) is 3.75. The molecule has 42 heavy (non-hydrogen) atoms. The van der Waals surface area contributed by atoms with E-state index in [1.165, 1.54) is 0 Å². The van der Waals surface area contributed by atoms with Crippen LogP contribution < -0.4 is 16.0 Å². The molecule has 5 atom stereocenters. The van der Waals surface area contributed by atoms with E-state index in [1.54, 1.807) is 0 Å². The first-order chi connectivity index (χ1) is 19.5. The number of alkyl halides is 6. The number of fused-ring (bicyclic) bond motifs is 1. The SMILES string of the molecule is CC(=O)NC1=C(F)C(NC(=O)c2cc(NC(=O)[C@@H]3C4C(Cl)(Cl)[C@@]43c3ccc(F)c(C(F)(F)F)c3)ccc2F)C(F)C=C1. The van der Waals surface area contributed by atoms with Gasteiger partial charge in [0.2, 0.25) is 11.8 Å². The number of anilines is 1. The lowest BCUT2D eigenvalue weighted by molar-refractivity contribution is -0.140. The highest BCUT2D eigenvalue weighted by Gasteiger charge is 2.98. The van der Waals surface area contributed by atoms with E-state index in [4.69, 9.17) is 23.2 Å². The molecule has 2 aromatic rings. The maximum Gasteiger partial charge on any atom is 0.419 e. The van der Waals surface area contributed by atoms with Crippen molar-refractivity contribution in [2.24, 2.45) is 11.8 Å². The van der Waals surface area contributed by atoms with E-state index < -0.39 is 92.0 Å². The van der Waals surface area contributed by atoms with Gasteiger partial charge in [0.05, 0.1) is 22.7 Å². The average molecular weight is 636 g/mol. The molecule has 3 amide bonds. The Bertz CT molecular complexity index is 1590. The maximum absolute atomic E-state index is 14.7. The van der Waals surface area contributed by atoms with Gasteiger partial charge in [-0.25, -0.2) is 17.6 Å². The quantitative estimate of drug-likeness (QED) is 0.285. The third-order valence-electron chi connectivity index (χ3n) is 7.47. The first-order valence-corrected chi connectivity index (χ1v) is 12.9. The summed E-state index contributed by atoms with van der Waals surface area (Å²) in [7, 11) is 0. The van der Waals surface area contributed by atoms with Crippen LogP contribution in [0, 0.1) is 23.5 Å². The highest BCUT2D eigenvalue weighted by molar-refractivity contribution is 6.55. The Balaban J connectivity index is 1.34. The van der Waals surface area contributed by atoms with Gasteiger partial charge >= 0.3 is 6.18 Å². The van der Waals surface area contributed by atoms with Crippen molar-refractivity contribution in [1.82, 2.24) is 10.6 Å². The van der Waals surface area contributed by atoms with Crippen LogP contribution in [0.4, 0.5) is 36.4 Å². The van der Waals surface area contributed by atoms with Gasteiger partial charge in [0, 0.05) is 23.9 Å². The largest absolute Gasteiger partial charge is 0.419 e. The molecule has 0 radical (unpaired) electrons. The normalized spacial score (nSPS) is 27.2. The number of hydrogen-bond acceptors (Lipinski definition) is 3. The molecule has 2 aromatic carbocycles. The van der Waals surface area contributed by atoms with Crippen molar-refractivity contribution in [3.8, 4) is 0 Å². The van der Waals surface area contributed by atoms with E-state index in [1.807, 2.05) is 5.32 Å². The summed E-state index contributed by atoms with van der Waals surface area (Å²) < 4.78 is 95.7. The number of amides is 3. The third-order valence-corrected chi connectivity index (χ3v) is 8.56. The van der Waals surface area contributed by atoms with Gasteiger partial charge in [0.1, 0.15) is 34.0 Å². The highest BCUT2D eigenvalue weighted by Crippen LogP contribution is 2.90. The minimum absolute atomic E-state index is 0.0958. The Kier molecular flexibility index (Phi) is 7.12. The van der Waals surface area contributed by atoms with E-state index in [9.17, 15) is 45.1 Å². The highest BCUT2D eigenvalue weighted by atomic mass is 35.5. The summed E-state index contributed by atoms with van der Waals surface area (Å²) in [4.78, 5) is 37.1. The number of halogens is 9. The van der Waals surface area contributed by atoms with E-state index in [0.717, 1.165) is 43.3 Å². The third kappa shape index (κ3) is 4.72. The van der Waals surface area contributed by atoms with Crippen LogP contribution in [0.2, 0.25) is 0 Å². The Labute approximate surface area is 242 Å². The second-order valence-corrected chi connectivity index (χ2v) is 11.4. The summed E-state index contributed by atoms with van der Waals surface area (Å²) in [6.45, 7) is 1.09. The number of carbonyl (C=O) groups is 3. The van der Waals surface area contributed by atoms with Crippen LogP contribution in [0.3, 0.4) is 0 Å². The number of rotatable bonds is 6. The summed E-state index contributed by atoms with van der Waals surface area (Å²) in [6.07, 6.45) is -5.20. The van der Waals surface area contributed by atoms with Crippen molar-refractivity contribution in [1.29, 1.82) is 0 Å². The topological polar surface area (TPSA) is 87.3 Å². The van der Waals surface area contributed by atoms with Crippen LogP contribution in [0.5, 0.6) is 0 Å². The predicted octanol–water partition coefficient (Wildman–Crippen LogP) is 5.62. The van der Waals surface area contributed by atoms with Gasteiger partial charge in [-0.15, -0.1) is 23.2 Å². The van der Waals surface area contributed by atoms with Gasteiger partial charge in [-0.3, -0.25) is 14.4 Å². The molecule has 15 heteroatoms. The zero-order valence-electron chi connectivity index (χ0n) is 21.1. The fourth-order valence-electron chi connectivity index (χ4n) is 5.40. The molecule has 0 saturated heterocycles. The molecule has 3 unspecified atom stereocenters. The standard InChI is InChI=1S/C27H18Cl2F7N3O3/c1-10(40)37-18-7-6-17(32)21(20(18)33)39-23(41)13-9-12(3-5-15(13)30)38-24(42)19-22-25(19,26(22,28)29)11-2-4-16(31)14(8-11)27(34,35)36/h2-9,17,19,21-22H,1H3,(H,37,40)(H,38,42)(H,39,41)/t17?,19-,21?,22?,25+/m0/s1. The molecule has 0 heterocycles. The minimum atomic E-state index is -5.01. The molecule has 222 valence electrons. The van der Waals surface area contributed by atoms with E-state index in [2.05, 4.69) is 10.6 Å². The van der Waals surface area contributed by atoms with Crippen molar-refractivity contribution < 1.29 is 45.1 Å². The predicted molar refractivity (Wildman–Crippen MR) is 137 cm³/mol. The molecular formula is C27H18Cl2F7N3O3. The molecule has 5 rings (SSSR count). The fraction of sp³-hybridized carbons (Fsp3) is 0.296. The number of nitrogens with one attached hydrogen (secondary N) is 3. The zero-order chi connectivity index (χ0) is 30.9. The van der Waals surface area contributed by atoms with Crippen molar-refractivity contribution >= 4 is 46.6 Å². The lowest BCUT2D eigenvalue weighted by Gasteiger charge is -2.24. The van der Waals surface area contributed by atoms with Crippen LogP contribution in [0.25, 0.3) is 0 Å². The molecule has 3 aliphatic rings. The van der Waals surface area contributed by atoms with Crippen LogP contribution >= 0.6 is 23.2 Å². The van der Waals surface area contributed by atoms with E-state index in [0.29, 0.717) is 12.1 Å². The monoisotopic (exact) mass is 635 g/mol. The van der Waals surface area contributed by atoms with Gasteiger partial charge in [-0.05, 0) is 48.0 Å². The Morgan fingerprint density at radius 2 is 1.62 bits per heavy atom. The van der Waals surface area contributed by atoms with Gasteiger partial charge in [0.15, 0.2) is 0 Å². The van der Waals surface area contributed by atoms with Crippen molar-refractivity contribution in [2.75, 3.05) is 5.32 Å². The van der Waals surface area contributed by atoms with Gasteiger partial charge in [0.25, 0.3) is 5.91 Å². The van der Waals surface area contributed by atoms with Gasteiger partial charge in [-0.2, -0.15) is 13.2 Å². The molecule has 0 aliphatic heterocycles. The van der Waals surface area contributed by atoms with E-state index >= 15 is 0 Å². The smallest absolute Gasteiger partial charge is 0.339 e. The summed E-state index contributed by atoms with van der Waals surface area (Å²) in [5.74, 6) is -8.35. The number of carbonyl (C=O) groups excluding carboxylic acids is 3.